The van der Waals surface area contributed by atoms with Crippen LogP contribution < -0.4 is 0 Å². The highest BCUT2D eigenvalue weighted by atomic mass is 16.5. The van der Waals surface area contributed by atoms with Crippen molar-refractivity contribution in [1.29, 1.82) is 0 Å². The molecule has 1 fully saturated rings. The van der Waals surface area contributed by atoms with Crippen molar-refractivity contribution in [2.45, 2.75) is 45.3 Å². The monoisotopic (exact) mass is 238 g/mol. The maximum atomic E-state index is 10.8. The number of aromatic nitrogens is 2. The number of hydrogen-bond acceptors (Lipinski definition) is 3. The Kier molecular flexibility index (Phi) is 3.78. The van der Waals surface area contributed by atoms with E-state index in [-0.39, 0.29) is 0 Å². The number of aromatic carboxylic acids is 1. The lowest BCUT2D eigenvalue weighted by Crippen LogP contribution is -2.07. The first-order chi connectivity index (χ1) is 8.16. The summed E-state index contributed by atoms with van der Waals surface area (Å²) >= 11 is 0. The van der Waals surface area contributed by atoms with E-state index in [4.69, 9.17) is 9.84 Å². The van der Waals surface area contributed by atoms with Gasteiger partial charge in [-0.05, 0) is 32.6 Å². The van der Waals surface area contributed by atoms with Crippen LogP contribution in [0.15, 0.2) is 6.20 Å². The fourth-order valence-corrected chi connectivity index (χ4v) is 2.20. The average molecular weight is 238 g/mol. The van der Waals surface area contributed by atoms with Crippen molar-refractivity contribution >= 4 is 5.97 Å². The Morgan fingerprint density at radius 2 is 2.53 bits per heavy atom. The van der Waals surface area contributed by atoms with Crippen molar-refractivity contribution in [2.75, 3.05) is 6.61 Å². The molecule has 17 heavy (non-hydrogen) atoms. The van der Waals surface area contributed by atoms with Crippen LogP contribution in [0.4, 0.5) is 0 Å². The molecule has 0 aliphatic carbocycles. The van der Waals surface area contributed by atoms with Gasteiger partial charge in [-0.1, -0.05) is 0 Å². The molecule has 0 saturated carbocycles. The molecule has 1 N–H and O–H groups in total. The van der Waals surface area contributed by atoms with Crippen molar-refractivity contribution in [3.8, 4) is 0 Å². The highest BCUT2D eigenvalue weighted by Crippen LogP contribution is 2.17. The van der Waals surface area contributed by atoms with Gasteiger partial charge < -0.3 is 9.84 Å². The Bertz CT molecular complexity index is 394. The van der Waals surface area contributed by atoms with Crippen LogP contribution in [0.5, 0.6) is 0 Å². The van der Waals surface area contributed by atoms with Crippen molar-refractivity contribution in [3.05, 3.63) is 17.5 Å². The molecular weight excluding hydrogens is 220 g/mol. The Hall–Kier alpha value is -1.36. The molecule has 0 aromatic carbocycles. The van der Waals surface area contributed by atoms with Crippen LogP contribution in [0.3, 0.4) is 0 Å². The van der Waals surface area contributed by atoms with Crippen LogP contribution in [-0.2, 0) is 11.3 Å². The van der Waals surface area contributed by atoms with Crippen molar-refractivity contribution in [3.63, 3.8) is 0 Å². The van der Waals surface area contributed by atoms with Crippen LogP contribution in [0, 0.1) is 6.92 Å². The summed E-state index contributed by atoms with van der Waals surface area (Å²) in [6.07, 6.45) is 6.32. The number of carboxylic acids is 1. The third kappa shape index (κ3) is 3.06. The first-order valence-electron chi connectivity index (χ1n) is 6.06. The van der Waals surface area contributed by atoms with Crippen LogP contribution in [0.25, 0.3) is 0 Å². The van der Waals surface area contributed by atoms with E-state index in [2.05, 4.69) is 5.10 Å². The SMILES string of the molecule is Cc1nn(CCCC2CCCO2)cc1C(=O)O. The van der Waals surface area contributed by atoms with Gasteiger partial charge in [-0.15, -0.1) is 0 Å². The summed E-state index contributed by atoms with van der Waals surface area (Å²) in [6, 6.07) is 0. The van der Waals surface area contributed by atoms with Gasteiger partial charge in [0.1, 0.15) is 5.56 Å². The lowest BCUT2D eigenvalue weighted by atomic mass is 10.1. The minimum Gasteiger partial charge on any atom is -0.478 e. The largest absolute Gasteiger partial charge is 0.478 e. The normalized spacial score (nSPS) is 19.7. The van der Waals surface area contributed by atoms with Gasteiger partial charge >= 0.3 is 5.97 Å². The molecule has 0 amide bonds. The molecule has 5 nitrogen and oxygen atoms in total. The minimum atomic E-state index is -0.909. The standard InChI is InChI=1S/C12H18N2O3/c1-9-11(12(15)16)8-14(13-9)6-2-4-10-5-3-7-17-10/h8,10H,2-7H2,1H3,(H,15,16). The van der Waals surface area contributed by atoms with E-state index in [1.807, 2.05) is 0 Å². The van der Waals surface area contributed by atoms with E-state index in [0.717, 1.165) is 38.8 Å². The van der Waals surface area contributed by atoms with E-state index in [1.54, 1.807) is 17.8 Å². The van der Waals surface area contributed by atoms with Crippen molar-refractivity contribution in [2.24, 2.45) is 0 Å². The van der Waals surface area contributed by atoms with Gasteiger partial charge in [0.15, 0.2) is 0 Å². The van der Waals surface area contributed by atoms with Gasteiger partial charge in [-0.3, -0.25) is 4.68 Å². The van der Waals surface area contributed by atoms with Gasteiger partial charge in [0.05, 0.1) is 11.8 Å². The predicted molar refractivity (Wildman–Crippen MR) is 62.1 cm³/mol. The lowest BCUT2D eigenvalue weighted by molar-refractivity contribution is 0.0696. The van der Waals surface area contributed by atoms with Gasteiger partial charge in [-0.2, -0.15) is 5.10 Å². The number of carbonyl (C=O) groups is 1. The summed E-state index contributed by atoms with van der Waals surface area (Å²) in [5, 5.41) is 13.1. The highest BCUT2D eigenvalue weighted by molar-refractivity contribution is 5.88. The third-order valence-electron chi connectivity index (χ3n) is 3.11. The number of aryl methyl sites for hydroxylation is 2. The number of hydrogen-bond donors (Lipinski definition) is 1. The summed E-state index contributed by atoms with van der Waals surface area (Å²) in [6.45, 7) is 3.36. The zero-order chi connectivity index (χ0) is 12.3. The molecule has 0 radical (unpaired) electrons. The Balaban J connectivity index is 1.82. The molecule has 0 spiro atoms. The molecule has 1 aliphatic rings. The second kappa shape index (κ2) is 5.31. The predicted octanol–water partition coefficient (Wildman–Crippen LogP) is 1.85. The van der Waals surface area contributed by atoms with Gasteiger partial charge in [0.25, 0.3) is 0 Å². The topological polar surface area (TPSA) is 64.4 Å². The third-order valence-corrected chi connectivity index (χ3v) is 3.11. The number of ether oxygens (including phenoxy) is 1. The molecule has 2 heterocycles. The molecule has 94 valence electrons. The van der Waals surface area contributed by atoms with Crippen LogP contribution in [-0.4, -0.2) is 33.6 Å². The van der Waals surface area contributed by atoms with Crippen molar-refractivity contribution in [1.82, 2.24) is 9.78 Å². The van der Waals surface area contributed by atoms with Crippen LogP contribution >= 0.6 is 0 Å². The number of nitrogens with zero attached hydrogens (tertiary/aromatic N) is 2. The zero-order valence-corrected chi connectivity index (χ0v) is 10.1. The van der Waals surface area contributed by atoms with E-state index >= 15 is 0 Å². The van der Waals surface area contributed by atoms with E-state index in [9.17, 15) is 4.79 Å². The summed E-state index contributed by atoms with van der Waals surface area (Å²) in [5.74, 6) is -0.909. The van der Waals surface area contributed by atoms with E-state index < -0.39 is 5.97 Å². The smallest absolute Gasteiger partial charge is 0.339 e. The van der Waals surface area contributed by atoms with Gasteiger partial charge in [0.2, 0.25) is 0 Å². The summed E-state index contributed by atoms with van der Waals surface area (Å²) in [5.41, 5.74) is 0.872. The molecule has 1 atom stereocenters. The zero-order valence-electron chi connectivity index (χ0n) is 10.1. The quantitative estimate of drug-likeness (QED) is 0.850. The molecular formula is C12H18N2O3. The summed E-state index contributed by atoms with van der Waals surface area (Å²) in [7, 11) is 0. The molecule has 1 saturated heterocycles. The van der Waals surface area contributed by atoms with E-state index in [1.165, 1.54) is 0 Å². The van der Waals surface area contributed by atoms with Crippen LogP contribution in [0.2, 0.25) is 0 Å². The molecule has 0 bridgehead atoms. The van der Waals surface area contributed by atoms with Crippen LogP contribution in [0.1, 0.15) is 41.7 Å². The highest BCUT2D eigenvalue weighted by Gasteiger charge is 2.15. The number of rotatable bonds is 5. The summed E-state index contributed by atoms with van der Waals surface area (Å²) < 4.78 is 7.25. The first kappa shape index (κ1) is 12.1. The molecule has 1 aromatic heterocycles. The maximum Gasteiger partial charge on any atom is 0.339 e. The van der Waals surface area contributed by atoms with Gasteiger partial charge in [0, 0.05) is 19.3 Å². The average Bonchev–Trinajstić information content (AvgIpc) is 2.88. The fraction of sp³-hybridized carbons (Fsp3) is 0.667. The Morgan fingerprint density at radius 3 is 3.12 bits per heavy atom. The Morgan fingerprint density at radius 1 is 1.71 bits per heavy atom. The number of carboxylic acid groups (broad SMARTS) is 1. The lowest BCUT2D eigenvalue weighted by Gasteiger charge is -2.08. The summed E-state index contributed by atoms with van der Waals surface area (Å²) in [4.78, 5) is 10.8. The fourth-order valence-electron chi connectivity index (χ4n) is 2.20. The van der Waals surface area contributed by atoms with E-state index in [0.29, 0.717) is 17.4 Å². The molecule has 1 aromatic rings. The second-order valence-electron chi connectivity index (χ2n) is 4.47. The maximum absolute atomic E-state index is 10.8. The minimum absolute atomic E-state index is 0.294. The molecule has 5 heteroatoms. The molecule has 1 aliphatic heterocycles. The first-order valence-corrected chi connectivity index (χ1v) is 6.06. The Labute approximate surface area is 100 Å². The molecule has 2 rings (SSSR count). The second-order valence-corrected chi connectivity index (χ2v) is 4.47. The van der Waals surface area contributed by atoms with Gasteiger partial charge in [-0.25, -0.2) is 4.79 Å². The molecule has 1 unspecified atom stereocenters. The van der Waals surface area contributed by atoms with Crippen molar-refractivity contribution < 1.29 is 14.6 Å².